The fourth-order valence-electron chi connectivity index (χ4n) is 2.71. The van der Waals surface area contributed by atoms with Crippen LogP contribution in [0.1, 0.15) is 16.9 Å². The summed E-state index contributed by atoms with van der Waals surface area (Å²) in [4.78, 5) is 28.3. The molecule has 2 aromatic rings. The van der Waals surface area contributed by atoms with Gasteiger partial charge in [-0.05, 0) is 7.05 Å². The molecule has 2 amide bonds. The van der Waals surface area contributed by atoms with Gasteiger partial charge in [-0.3, -0.25) is 9.59 Å². The summed E-state index contributed by atoms with van der Waals surface area (Å²) in [5.74, 6) is 0.273. The quantitative estimate of drug-likeness (QED) is 0.884. The van der Waals surface area contributed by atoms with E-state index < -0.39 is 0 Å². The highest BCUT2D eigenvalue weighted by Crippen LogP contribution is 2.19. The number of carbonyl (C=O) groups excluding carboxylic acids is 2. The predicted molar refractivity (Wildman–Crippen MR) is 93.0 cm³/mol. The molecular weight excluding hydrogens is 320 g/mol. The Morgan fingerprint density at radius 1 is 1.16 bits per heavy atom. The zero-order valence-corrected chi connectivity index (χ0v) is 14.3. The lowest BCUT2D eigenvalue weighted by Crippen LogP contribution is -2.47. The molecule has 1 aliphatic rings. The molecule has 7 nitrogen and oxygen atoms in total. The van der Waals surface area contributed by atoms with Gasteiger partial charge in [0.2, 0.25) is 5.91 Å². The highest BCUT2D eigenvalue weighted by molar-refractivity contribution is 5.93. The van der Waals surface area contributed by atoms with Crippen LogP contribution in [0.25, 0.3) is 11.3 Å². The first-order valence-corrected chi connectivity index (χ1v) is 8.40. The van der Waals surface area contributed by atoms with E-state index >= 15 is 0 Å². The number of nitrogens with one attached hydrogen (secondary N) is 1. The molecule has 1 aromatic carbocycles. The highest BCUT2D eigenvalue weighted by Gasteiger charge is 2.19. The summed E-state index contributed by atoms with van der Waals surface area (Å²) in [7, 11) is 2.05. The van der Waals surface area contributed by atoms with E-state index in [1.807, 2.05) is 42.3 Å². The monoisotopic (exact) mass is 342 g/mol. The van der Waals surface area contributed by atoms with Crippen molar-refractivity contribution in [1.29, 1.82) is 0 Å². The minimum absolute atomic E-state index is 0.0681. The second-order valence-electron chi connectivity index (χ2n) is 6.13. The molecule has 0 aliphatic carbocycles. The molecule has 7 heteroatoms. The van der Waals surface area contributed by atoms with Crippen molar-refractivity contribution < 1.29 is 14.1 Å². The van der Waals surface area contributed by atoms with Crippen molar-refractivity contribution >= 4 is 11.8 Å². The van der Waals surface area contributed by atoms with E-state index in [0.717, 1.165) is 31.7 Å². The maximum Gasteiger partial charge on any atom is 0.273 e. The first-order valence-electron chi connectivity index (χ1n) is 8.40. The lowest BCUT2D eigenvalue weighted by Gasteiger charge is -2.32. The second-order valence-corrected chi connectivity index (χ2v) is 6.13. The summed E-state index contributed by atoms with van der Waals surface area (Å²) < 4.78 is 5.21. The van der Waals surface area contributed by atoms with Crippen molar-refractivity contribution in [2.24, 2.45) is 0 Å². The topological polar surface area (TPSA) is 78.7 Å². The fourth-order valence-corrected chi connectivity index (χ4v) is 2.71. The van der Waals surface area contributed by atoms with Crippen LogP contribution in [0, 0.1) is 0 Å². The Morgan fingerprint density at radius 3 is 2.60 bits per heavy atom. The van der Waals surface area contributed by atoms with Gasteiger partial charge in [-0.2, -0.15) is 0 Å². The average Bonchev–Trinajstić information content (AvgIpc) is 3.13. The summed E-state index contributed by atoms with van der Waals surface area (Å²) >= 11 is 0. The van der Waals surface area contributed by atoms with Gasteiger partial charge in [0.15, 0.2) is 11.5 Å². The summed E-state index contributed by atoms with van der Waals surface area (Å²) in [5, 5.41) is 6.52. The van der Waals surface area contributed by atoms with E-state index in [9.17, 15) is 9.59 Å². The third-order valence-electron chi connectivity index (χ3n) is 4.28. The molecule has 0 atom stereocenters. The second kappa shape index (κ2) is 7.94. The SMILES string of the molecule is CN1CCN(C(=O)CCNC(=O)c2cc(-c3ccccc3)on2)CC1. The largest absolute Gasteiger partial charge is 0.355 e. The molecule has 0 spiro atoms. The molecule has 1 N–H and O–H groups in total. The molecule has 0 bridgehead atoms. The number of hydrogen-bond acceptors (Lipinski definition) is 5. The van der Waals surface area contributed by atoms with Crippen LogP contribution in [0.5, 0.6) is 0 Å². The number of nitrogens with zero attached hydrogens (tertiary/aromatic N) is 3. The predicted octanol–water partition coefficient (Wildman–Crippen LogP) is 1.24. The van der Waals surface area contributed by atoms with Crippen molar-refractivity contribution in [2.45, 2.75) is 6.42 Å². The Morgan fingerprint density at radius 2 is 1.88 bits per heavy atom. The number of hydrogen-bond donors (Lipinski definition) is 1. The van der Waals surface area contributed by atoms with Crippen LogP contribution in [0.2, 0.25) is 0 Å². The van der Waals surface area contributed by atoms with Gasteiger partial charge in [0.05, 0.1) is 0 Å². The Bertz CT molecular complexity index is 721. The van der Waals surface area contributed by atoms with Gasteiger partial charge >= 0.3 is 0 Å². The zero-order chi connectivity index (χ0) is 17.6. The summed E-state index contributed by atoms with van der Waals surface area (Å²) in [5.41, 5.74) is 1.07. The fraction of sp³-hybridized carbons (Fsp3) is 0.389. The van der Waals surface area contributed by atoms with Crippen LogP contribution in [0.4, 0.5) is 0 Å². The Balaban J connectivity index is 1.47. The van der Waals surface area contributed by atoms with Crippen molar-refractivity contribution in [3.8, 4) is 11.3 Å². The van der Waals surface area contributed by atoms with Crippen molar-refractivity contribution in [3.63, 3.8) is 0 Å². The maximum atomic E-state index is 12.1. The average molecular weight is 342 g/mol. The Hall–Kier alpha value is -2.67. The number of piperazine rings is 1. The normalized spacial score (nSPS) is 15.2. The Labute approximate surface area is 146 Å². The van der Waals surface area contributed by atoms with Crippen LogP contribution in [0.15, 0.2) is 40.9 Å². The van der Waals surface area contributed by atoms with Crippen LogP contribution in [-0.2, 0) is 4.79 Å². The molecule has 0 saturated carbocycles. The number of benzene rings is 1. The lowest BCUT2D eigenvalue weighted by atomic mass is 10.1. The number of carbonyl (C=O) groups is 2. The van der Waals surface area contributed by atoms with E-state index in [1.54, 1.807) is 6.07 Å². The van der Waals surface area contributed by atoms with Crippen molar-refractivity contribution in [3.05, 3.63) is 42.1 Å². The maximum absolute atomic E-state index is 12.1. The van der Waals surface area contributed by atoms with Crippen LogP contribution >= 0.6 is 0 Å². The molecule has 1 aromatic heterocycles. The third kappa shape index (κ3) is 4.45. The molecule has 1 fully saturated rings. The highest BCUT2D eigenvalue weighted by atomic mass is 16.5. The van der Waals surface area contributed by atoms with Gasteiger partial charge in [0, 0.05) is 50.8 Å². The van der Waals surface area contributed by atoms with Gasteiger partial charge in [0.1, 0.15) is 0 Å². The minimum Gasteiger partial charge on any atom is -0.355 e. The van der Waals surface area contributed by atoms with E-state index in [-0.39, 0.29) is 24.1 Å². The van der Waals surface area contributed by atoms with E-state index in [2.05, 4.69) is 15.4 Å². The van der Waals surface area contributed by atoms with E-state index in [1.165, 1.54) is 0 Å². The molecular formula is C18H22N4O3. The smallest absolute Gasteiger partial charge is 0.273 e. The minimum atomic E-state index is -0.336. The molecule has 2 heterocycles. The number of likely N-dealkylation sites (N-methyl/N-ethyl adjacent to an activating group) is 1. The van der Waals surface area contributed by atoms with E-state index in [0.29, 0.717) is 12.2 Å². The number of rotatable bonds is 5. The zero-order valence-electron chi connectivity index (χ0n) is 14.3. The molecule has 1 saturated heterocycles. The molecule has 1 aliphatic heterocycles. The number of amides is 2. The van der Waals surface area contributed by atoms with Gasteiger partial charge in [-0.15, -0.1) is 0 Å². The molecule has 25 heavy (non-hydrogen) atoms. The van der Waals surface area contributed by atoms with Gasteiger partial charge < -0.3 is 19.6 Å². The molecule has 3 rings (SSSR count). The van der Waals surface area contributed by atoms with Crippen LogP contribution in [-0.4, -0.2) is 66.5 Å². The summed E-state index contributed by atoms with van der Waals surface area (Å²) in [6, 6.07) is 11.1. The van der Waals surface area contributed by atoms with Gasteiger partial charge in [0.25, 0.3) is 5.91 Å². The molecule has 0 unspecified atom stereocenters. The van der Waals surface area contributed by atoms with Crippen LogP contribution < -0.4 is 5.32 Å². The molecule has 132 valence electrons. The first kappa shape index (κ1) is 17.2. The summed E-state index contributed by atoms with van der Waals surface area (Å²) in [6.07, 6.45) is 0.291. The van der Waals surface area contributed by atoms with Crippen LogP contribution in [0.3, 0.4) is 0 Å². The van der Waals surface area contributed by atoms with Gasteiger partial charge in [-0.25, -0.2) is 0 Å². The Kier molecular flexibility index (Phi) is 5.45. The van der Waals surface area contributed by atoms with E-state index in [4.69, 9.17) is 4.52 Å². The number of aromatic nitrogens is 1. The first-order chi connectivity index (χ1) is 12.1. The van der Waals surface area contributed by atoms with Crippen molar-refractivity contribution in [2.75, 3.05) is 39.8 Å². The van der Waals surface area contributed by atoms with Gasteiger partial charge in [-0.1, -0.05) is 35.5 Å². The third-order valence-corrected chi connectivity index (χ3v) is 4.28. The standard InChI is InChI=1S/C18H22N4O3/c1-21-9-11-22(12-10-21)17(23)7-8-19-18(24)15-13-16(25-20-15)14-5-3-2-4-6-14/h2-6,13H,7-12H2,1H3,(H,19,24). The lowest BCUT2D eigenvalue weighted by molar-refractivity contribution is -0.132. The summed E-state index contributed by atoms with van der Waals surface area (Å²) in [6.45, 7) is 3.55. The van der Waals surface area contributed by atoms with Crippen molar-refractivity contribution in [1.82, 2.24) is 20.3 Å². The molecule has 0 radical (unpaired) electrons.